The molecule has 0 aliphatic carbocycles. The average Bonchev–Trinajstić information content (AvgIpc) is 2.59. The normalized spacial score (nSPS) is 15.0. The summed E-state index contributed by atoms with van der Waals surface area (Å²) in [6, 6.07) is 10.3. The van der Waals surface area contributed by atoms with Gasteiger partial charge in [-0.25, -0.2) is 9.97 Å². The van der Waals surface area contributed by atoms with Gasteiger partial charge in [-0.15, -0.1) is 0 Å². The molecule has 6 nitrogen and oxygen atoms in total. The van der Waals surface area contributed by atoms with Crippen LogP contribution in [0.2, 0.25) is 0 Å². The monoisotopic (exact) mass is 367 g/mol. The van der Waals surface area contributed by atoms with E-state index in [0.29, 0.717) is 30.4 Å². The Kier molecular flexibility index (Phi) is 5.35. The van der Waals surface area contributed by atoms with E-state index in [1.54, 1.807) is 6.07 Å². The van der Waals surface area contributed by atoms with Crippen molar-refractivity contribution in [3.05, 3.63) is 47.4 Å². The molecule has 1 aromatic heterocycles. The van der Waals surface area contributed by atoms with Gasteiger partial charge in [-0.3, -0.25) is 4.79 Å². The van der Waals surface area contributed by atoms with Crippen LogP contribution in [0.5, 0.6) is 0 Å². The number of carbonyl (C=O) groups is 1. The highest BCUT2D eigenvalue weighted by atomic mass is 16.2. The smallest absolute Gasteiger partial charge is 0.272 e. The number of amides is 1. The second-order valence-electron chi connectivity index (χ2n) is 8.18. The molecule has 1 aliphatic rings. The molecule has 0 radical (unpaired) electrons. The second-order valence-corrected chi connectivity index (χ2v) is 8.18. The van der Waals surface area contributed by atoms with Crippen molar-refractivity contribution in [2.75, 3.05) is 36.4 Å². The predicted octanol–water partition coefficient (Wildman–Crippen LogP) is 3.27. The molecule has 2 heterocycles. The van der Waals surface area contributed by atoms with Gasteiger partial charge in [-0.2, -0.15) is 0 Å². The topological polar surface area (TPSA) is 61.4 Å². The van der Waals surface area contributed by atoms with Gasteiger partial charge >= 0.3 is 0 Å². The number of hydrogen-bond donors (Lipinski definition) is 1. The van der Waals surface area contributed by atoms with Crippen LogP contribution in [-0.2, 0) is 0 Å². The fourth-order valence-electron chi connectivity index (χ4n) is 3.28. The number of rotatable bonds is 3. The van der Waals surface area contributed by atoms with Gasteiger partial charge in [0.15, 0.2) is 0 Å². The van der Waals surface area contributed by atoms with E-state index in [2.05, 4.69) is 72.1 Å². The molecule has 144 valence electrons. The number of nitrogens with one attached hydrogen (secondary N) is 1. The molecule has 0 bridgehead atoms. The zero-order chi connectivity index (χ0) is 19.6. The molecule has 1 amide bonds. The lowest BCUT2D eigenvalue weighted by atomic mass is 10.1. The first-order valence-corrected chi connectivity index (χ1v) is 9.46. The standard InChI is InChI=1S/C21H29N5O/c1-15-7-6-8-17(13-15)25-9-11-26(12-10-25)20(27)18-14-19(23-16(2)22-18)24-21(3,4)5/h6-8,13-14H,9-12H2,1-5H3,(H,22,23,24). The van der Waals surface area contributed by atoms with Crippen LogP contribution in [0, 0.1) is 13.8 Å². The lowest BCUT2D eigenvalue weighted by Crippen LogP contribution is -2.49. The highest BCUT2D eigenvalue weighted by Gasteiger charge is 2.24. The third kappa shape index (κ3) is 4.96. The van der Waals surface area contributed by atoms with Crippen LogP contribution in [0.25, 0.3) is 0 Å². The van der Waals surface area contributed by atoms with Gasteiger partial charge in [0.1, 0.15) is 17.3 Å². The van der Waals surface area contributed by atoms with E-state index in [0.717, 1.165) is 13.1 Å². The summed E-state index contributed by atoms with van der Waals surface area (Å²) in [6.07, 6.45) is 0. The molecule has 1 saturated heterocycles. The van der Waals surface area contributed by atoms with Crippen LogP contribution in [0.4, 0.5) is 11.5 Å². The summed E-state index contributed by atoms with van der Waals surface area (Å²) in [5.41, 5.74) is 2.80. The number of piperazine rings is 1. The van der Waals surface area contributed by atoms with Crippen molar-refractivity contribution in [1.82, 2.24) is 14.9 Å². The van der Waals surface area contributed by atoms with E-state index in [4.69, 9.17) is 0 Å². The molecule has 3 rings (SSSR count). The fourth-order valence-corrected chi connectivity index (χ4v) is 3.28. The minimum atomic E-state index is -0.124. The van der Waals surface area contributed by atoms with E-state index in [9.17, 15) is 4.79 Å². The highest BCUT2D eigenvalue weighted by Crippen LogP contribution is 2.19. The Labute approximate surface area is 161 Å². The van der Waals surface area contributed by atoms with Crippen molar-refractivity contribution in [2.24, 2.45) is 0 Å². The molecule has 0 saturated carbocycles. The predicted molar refractivity (Wildman–Crippen MR) is 109 cm³/mol. The van der Waals surface area contributed by atoms with Gasteiger partial charge in [-0.1, -0.05) is 12.1 Å². The number of nitrogens with zero attached hydrogens (tertiary/aromatic N) is 4. The molecular formula is C21H29N5O. The number of aryl methyl sites for hydroxylation is 2. The first kappa shape index (κ1) is 19.1. The molecule has 0 unspecified atom stereocenters. The van der Waals surface area contributed by atoms with Gasteiger partial charge < -0.3 is 15.1 Å². The Morgan fingerprint density at radius 1 is 1.04 bits per heavy atom. The number of carbonyl (C=O) groups excluding carboxylic acids is 1. The first-order valence-electron chi connectivity index (χ1n) is 9.46. The molecule has 0 spiro atoms. The molecular weight excluding hydrogens is 338 g/mol. The Morgan fingerprint density at radius 3 is 2.37 bits per heavy atom. The summed E-state index contributed by atoms with van der Waals surface area (Å²) in [6.45, 7) is 13.2. The summed E-state index contributed by atoms with van der Waals surface area (Å²) in [5.74, 6) is 1.27. The van der Waals surface area contributed by atoms with E-state index >= 15 is 0 Å². The van der Waals surface area contributed by atoms with Gasteiger partial charge in [0, 0.05) is 43.5 Å². The average molecular weight is 367 g/mol. The third-order valence-corrected chi connectivity index (χ3v) is 4.49. The summed E-state index contributed by atoms with van der Waals surface area (Å²) >= 11 is 0. The van der Waals surface area contributed by atoms with Crippen molar-refractivity contribution >= 4 is 17.4 Å². The van der Waals surface area contributed by atoms with Gasteiger partial charge in [-0.05, 0) is 52.3 Å². The van der Waals surface area contributed by atoms with Gasteiger partial charge in [0.2, 0.25) is 0 Å². The number of hydrogen-bond acceptors (Lipinski definition) is 5. The van der Waals surface area contributed by atoms with E-state index < -0.39 is 0 Å². The zero-order valence-corrected chi connectivity index (χ0v) is 16.9. The zero-order valence-electron chi connectivity index (χ0n) is 16.9. The summed E-state index contributed by atoms with van der Waals surface area (Å²) in [5, 5.41) is 3.32. The van der Waals surface area contributed by atoms with Crippen molar-refractivity contribution in [3.8, 4) is 0 Å². The molecule has 1 fully saturated rings. The van der Waals surface area contributed by atoms with Gasteiger partial charge in [0.05, 0.1) is 0 Å². The van der Waals surface area contributed by atoms with E-state index in [1.165, 1.54) is 11.3 Å². The Hall–Kier alpha value is -2.63. The molecule has 2 aromatic rings. The van der Waals surface area contributed by atoms with Gasteiger partial charge in [0.25, 0.3) is 5.91 Å². The molecule has 1 N–H and O–H groups in total. The van der Waals surface area contributed by atoms with Crippen LogP contribution < -0.4 is 10.2 Å². The molecule has 1 aliphatic heterocycles. The lowest BCUT2D eigenvalue weighted by molar-refractivity contribution is 0.0740. The number of anilines is 2. The van der Waals surface area contributed by atoms with Crippen molar-refractivity contribution in [3.63, 3.8) is 0 Å². The molecule has 6 heteroatoms. The minimum absolute atomic E-state index is 0.0265. The second kappa shape index (κ2) is 7.55. The lowest BCUT2D eigenvalue weighted by Gasteiger charge is -2.36. The Balaban J connectivity index is 1.69. The maximum atomic E-state index is 13.0. The molecule has 0 atom stereocenters. The number of aromatic nitrogens is 2. The SMILES string of the molecule is Cc1cccc(N2CCN(C(=O)c3cc(NC(C)(C)C)nc(C)n3)CC2)c1. The Morgan fingerprint density at radius 2 is 1.74 bits per heavy atom. The highest BCUT2D eigenvalue weighted by molar-refractivity contribution is 5.93. The van der Waals surface area contributed by atoms with E-state index in [1.807, 2.05) is 11.8 Å². The van der Waals surface area contributed by atoms with Crippen LogP contribution in [0.1, 0.15) is 42.6 Å². The largest absolute Gasteiger partial charge is 0.368 e. The minimum Gasteiger partial charge on any atom is -0.368 e. The molecule has 1 aromatic carbocycles. The van der Waals surface area contributed by atoms with Crippen molar-refractivity contribution < 1.29 is 4.79 Å². The van der Waals surface area contributed by atoms with Crippen LogP contribution in [-0.4, -0.2) is 52.5 Å². The Bertz CT molecular complexity index is 820. The third-order valence-electron chi connectivity index (χ3n) is 4.49. The van der Waals surface area contributed by atoms with Crippen LogP contribution >= 0.6 is 0 Å². The van der Waals surface area contributed by atoms with Crippen LogP contribution in [0.15, 0.2) is 30.3 Å². The van der Waals surface area contributed by atoms with Crippen LogP contribution in [0.3, 0.4) is 0 Å². The van der Waals surface area contributed by atoms with Crippen molar-refractivity contribution in [2.45, 2.75) is 40.2 Å². The van der Waals surface area contributed by atoms with E-state index in [-0.39, 0.29) is 11.4 Å². The van der Waals surface area contributed by atoms with Crippen molar-refractivity contribution in [1.29, 1.82) is 0 Å². The summed E-state index contributed by atoms with van der Waals surface area (Å²) in [4.78, 5) is 25.9. The summed E-state index contributed by atoms with van der Waals surface area (Å²) in [7, 11) is 0. The molecule has 27 heavy (non-hydrogen) atoms. The number of benzene rings is 1. The maximum Gasteiger partial charge on any atom is 0.272 e. The quantitative estimate of drug-likeness (QED) is 0.902. The fraction of sp³-hybridized carbons (Fsp3) is 0.476. The summed E-state index contributed by atoms with van der Waals surface area (Å²) < 4.78 is 0. The first-order chi connectivity index (χ1) is 12.7. The maximum absolute atomic E-state index is 13.0.